The molecule has 0 bridgehead atoms. The number of hydrogen-bond donors (Lipinski definition) is 2. The topological polar surface area (TPSA) is 92.7 Å². The summed E-state index contributed by atoms with van der Waals surface area (Å²) in [6, 6.07) is 5.88. The summed E-state index contributed by atoms with van der Waals surface area (Å²) in [7, 11) is 1.55. The molecule has 1 aromatic carbocycles. The second-order valence-electron chi connectivity index (χ2n) is 5.63. The Bertz CT molecular complexity index is 551. The van der Waals surface area contributed by atoms with Crippen LogP contribution in [0.25, 0.3) is 0 Å². The van der Waals surface area contributed by atoms with Crippen molar-refractivity contribution in [3.05, 3.63) is 29.8 Å². The molecule has 6 nitrogen and oxygen atoms in total. The molecule has 6 heteroatoms. The maximum atomic E-state index is 12.0. The molecule has 0 aromatic heterocycles. The number of ether oxygens (including phenoxy) is 1. The lowest BCUT2D eigenvalue weighted by Crippen LogP contribution is -2.44. The lowest BCUT2D eigenvalue weighted by atomic mass is 10.0. The summed E-state index contributed by atoms with van der Waals surface area (Å²) in [5.41, 5.74) is 0.566. The molecule has 1 aromatic rings. The van der Waals surface area contributed by atoms with Gasteiger partial charge in [-0.05, 0) is 36.6 Å². The van der Waals surface area contributed by atoms with Crippen molar-refractivity contribution in [1.82, 2.24) is 5.32 Å². The highest BCUT2D eigenvalue weighted by molar-refractivity contribution is 5.96. The Morgan fingerprint density at radius 2 is 1.74 bits per heavy atom. The van der Waals surface area contributed by atoms with Crippen LogP contribution in [-0.2, 0) is 9.59 Å². The largest absolute Gasteiger partial charge is 0.497 e. The number of carboxylic acid groups (broad SMARTS) is 1. The molecule has 0 aliphatic rings. The molecule has 0 saturated carbocycles. The first-order valence-electron chi connectivity index (χ1n) is 7.54. The lowest BCUT2D eigenvalue weighted by molar-refractivity contribution is -0.143. The van der Waals surface area contributed by atoms with Crippen LogP contribution in [0, 0.1) is 5.92 Å². The first-order chi connectivity index (χ1) is 10.8. The van der Waals surface area contributed by atoms with Crippen LogP contribution in [0.15, 0.2) is 24.3 Å². The molecule has 0 spiro atoms. The maximum Gasteiger partial charge on any atom is 0.326 e. The maximum absolute atomic E-state index is 12.0. The number of methoxy groups -OCH3 is 1. The number of Topliss-reactive ketones (excluding diaryl/α,β-unsaturated/α-hetero) is 1. The summed E-state index contributed by atoms with van der Waals surface area (Å²) in [5, 5.41) is 11.5. The number of hydrogen-bond acceptors (Lipinski definition) is 4. The van der Waals surface area contributed by atoms with E-state index in [0.717, 1.165) is 0 Å². The van der Waals surface area contributed by atoms with Gasteiger partial charge in [-0.25, -0.2) is 4.79 Å². The highest BCUT2D eigenvalue weighted by Crippen LogP contribution is 2.14. The van der Waals surface area contributed by atoms with Crippen molar-refractivity contribution in [3.63, 3.8) is 0 Å². The second kappa shape index (κ2) is 8.92. The Morgan fingerprint density at radius 1 is 1.13 bits per heavy atom. The third kappa shape index (κ3) is 6.10. The summed E-state index contributed by atoms with van der Waals surface area (Å²) >= 11 is 0. The van der Waals surface area contributed by atoms with E-state index >= 15 is 0 Å². The van der Waals surface area contributed by atoms with E-state index in [4.69, 9.17) is 9.84 Å². The van der Waals surface area contributed by atoms with Gasteiger partial charge in [-0.3, -0.25) is 9.59 Å². The van der Waals surface area contributed by atoms with Crippen molar-refractivity contribution in [2.45, 2.75) is 39.2 Å². The van der Waals surface area contributed by atoms with E-state index in [1.165, 1.54) is 0 Å². The van der Waals surface area contributed by atoms with Crippen molar-refractivity contribution >= 4 is 17.7 Å². The smallest absolute Gasteiger partial charge is 0.326 e. The quantitative estimate of drug-likeness (QED) is 0.681. The molecule has 0 radical (unpaired) electrons. The highest BCUT2D eigenvalue weighted by Gasteiger charge is 2.23. The zero-order valence-corrected chi connectivity index (χ0v) is 13.7. The number of benzene rings is 1. The molecule has 1 rings (SSSR count). The first-order valence-corrected chi connectivity index (χ1v) is 7.54. The molecule has 0 heterocycles. The Morgan fingerprint density at radius 3 is 2.22 bits per heavy atom. The summed E-state index contributed by atoms with van der Waals surface area (Å²) in [5.74, 6) is -0.984. The van der Waals surface area contributed by atoms with E-state index in [1.54, 1.807) is 45.2 Å². The van der Waals surface area contributed by atoms with Crippen molar-refractivity contribution in [2.24, 2.45) is 5.92 Å². The Kier molecular flexibility index (Phi) is 7.25. The molecular weight excluding hydrogens is 298 g/mol. The summed E-state index contributed by atoms with van der Waals surface area (Å²) in [4.78, 5) is 34.8. The number of carboxylic acids is 1. The molecule has 0 saturated heterocycles. The SMILES string of the molecule is COc1ccc(C(=O)CCCC(=O)N[C@H](C(=O)O)C(C)C)cc1. The average Bonchev–Trinajstić information content (AvgIpc) is 2.52. The molecule has 23 heavy (non-hydrogen) atoms. The number of amides is 1. The predicted octanol–water partition coefficient (Wildman–Crippen LogP) is 2.27. The van der Waals surface area contributed by atoms with Gasteiger partial charge in [-0.1, -0.05) is 13.8 Å². The molecule has 126 valence electrons. The van der Waals surface area contributed by atoms with Crippen LogP contribution in [0.5, 0.6) is 5.75 Å². The van der Waals surface area contributed by atoms with Crippen LogP contribution in [-0.4, -0.2) is 35.9 Å². The minimum Gasteiger partial charge on any atom is -0.497 e. The Balaban J connectivity index is 2.41. The second-order valence-corrected chi connectivity index (χ2v) is 5.63. The van der Waals surface area contributed by atoms with Gasteiger partial charge < -0.3 is 15.2 Å². The molecular formula is C17H23NO5. The van der Waals surface area contributed by atoms with Gasteiger partial charge in [0.2, 0.25) is 5.91 Å². The van der Waals surface area contributed by atoms with Crippen LogP contribution in [0.4, 0.5) is 0 Å². The summed E-state index contributed by atoms with van der Waals surface area (Å²) < 4.78 is 5.02. The molecule has 1 atom stereocenters. The zero-order valence-electron chi connectivity index (χ0n) is 13.7. The molecule has 0 fully saturated rings. The van der Waals surface area contributed by atoms with E-state index in [-0.39, 0.29) is 30.4 Å². The van der Waals surface area contributed by atoms with Crippen LogP contribution < -0.4 is 10.1 Å². The molecule has 1 amide bonds. The fourth-order valence-electron chi connectivity index (χ4n) is 2.09. The minimum absolute atomic E-state index is 0.0564. The average molecular weight is 321 g/mol. The van der Waals surface area contributed by atoms with Gasteiger partial charge in [0.05, 0.1) is 7.11 Å². The van der Waals surface area contributed by atoms with Gasteiger partial charge in [-0.15, -0.1) is 0 Å². The van der Waals surface area contributed by atoms with Gasteiger partial charge in [0.15, 0.2) is 5.78 Å². The third-order valence-electron chi connectivity index (χ3n) is 3.47. The third-order valence-corrected chi connectivity index (χ3v) is 3.47. The van der Waals surface area contributed by atoms with Gasteiger partial charge in [0.1, 0.15) is 11.8 Å². The highest BCUT2D eigenvalue weighted by atomic mass is 16.5. The summed E-state index contributed by atoms with van der Waals surface area (Å²) in [6.07, 6.45) is 0.735. The predicted molar refractivity (Wildman–Crippen MR) is 85.6 cm³/mol. The standard InChI is InChI=1S/C17H23NO5/c1-11(2)16(17(21)22)18-15(20)6-4-5-14(19)12-7-9-13(23-3)10-8-12/h7-11,16H,4-6H2,1-3H3,(H,18,20)(H,21,22)/t16-/m0/s1. The first kappa shape index (κ1) is 18.7. The number of carbonyl (C=O) groups is 3. The van der Waals surface area contributed by atoms with Crippen LogP contribution >= 0.6 is 0 Å². The molecule has 0 aliphatic heterocycles. The van der Waals surface area contributed by atoms with Crippen LogP contribution in [0.1, 0.15) is 43.5 Å². The van der Waals surface area contributed by atoms with E-state index in [2.05, 4.69) is 5.32 Å². The van der Waals surface area contributed by atoms with Gasteiger partial charge >= 0.3 is 5.97 Å². The van der Waals surface area contributed by atoms with E-state index in [1.807, 2.05) is 0 Å². The molecule has 0 aliphatic carbocycles. The normalized spacial score (nSPS) is 11.8. The van der Waals surface area contributed by atoms with E-state index < -0.39 is 12.0 Å². The van der Waals surface area contributed by atoms with Crippen molar-refractivity contribution < 1.29 is 24.2 Å². The van der Waals surface area contributed by atoms with Crippen LogP contribution in [0.3, 0.4) is 0 Å². The number of ketones is 1. The summed E-state index contributed by atoms with van der Waals surface area (Å²) in [6.45, 7) is 3.46. The van der Waals surface area contributed by atoms with E-state index in [0.29, 0.717) is 17.7 Å². The fourth-order valence-corrected chi connectivity index (χ4v) is 2.09. The van der Waals surface area contributed by atoms with E-state index in [9.17, 15) is 14.4 Å². The number of carbonyl (C=O) groups excluding carboxylic acids is 2. The monoisotopic (exact) mass is 321 g/mol. The number of rotatable bonds is 9. The number of aliphatic carboxylic acids is 1. The molecule has 2 N–H and O–H groups in total. The lowest BCUT2D eigenvalue weighted by Gasteiger charge is -2.17. The van der Waals surface area contributed by atoms with Gasteiger partial charge in [0, 0.05) is 18.4 Å². The Labute approximate surface area is 135 Å². The van der Waals surface area contributed by atoms with Crippen molar-refractivity contribution in [3.8, 4) is 5.75 Å². The van der Waals surface area contributed by atoms with Gasteiger partial charge in [0.25, 0.3) is 0 Å². The zero-order chi connectivity index (χ0) is 17.4. The van der Waals surface area contributed by atoms with Crippen LogP contribution in [0.2, 0.25) is 0 Å². The molecule has 0 unspecified atom stereocenters. The fraction of sp³-hybridized carbons (Fsp3) is 0.471. The minimum atomic E-state index is -1.05. The Hall–Kier alpha value is -2.37. The van der Waals surface area contributed by atoms with Crippen molar-refractivity contribution in [2.75, 3.05) is 7.11 Å². The van der Waals surface area contributed by atoms with Gasteiger partial charge in [-0.2, -0.15) is 0 Å². The number of nitrogens with one attached hydrogen (secondary N) is 1. The van der Waals surface area contributed by atoms with Crippen molar-refractivity contribution in [1.29, 1.82) is 0 Å².